The van der Waals surface area contributed by atoms with Crippen molar-refractivity contribution in [1.29, 1.82) is 0 Å². The Balaban J connectivity index is 2.02. The van der Waals surface area contributed by atoms with Crippen molar-refractivity contribution in [2.45, 2.75) is 32.1 Å². The second kappa shape index (κ2) is 6.59. The number of amides is 1. The molecular weight excluding hydrogens is 357 g/mol. The zero-order chi connectivity index (χ0) is 18.2. The Morgan fingerprint density at radius 1 is 1.24 bits per heavy atom. The first-order valence-corrected chi connectivity index (χ1v) is 8.08. The molecule has 0 unspecified atom stereocenters. The lowest BCUT2D eigenvalue weighted by atomic mass is 10.1. The monoisotopic (exact) mass is 372 g/mol. The minimum Gasteiger partial charge on any atom is -0.369 e. The van der Waals surface area contributed by atoms with Crippen LogP contribution in [-0.2, 0) is 30.5 Å². The Hall–Kier alpha value is -2.22. The first-order valence-electron chi connectivity index (χ1n) is 7.70. The van der Waals surface area contributed by atoms with Crippen molar-refractivity contribution in [2.75, 3.05) is 11.4 Å². The largest absolute Gasteiger partial charge is 0.435 e. The van der Waals surface area contributed by atoms with Crippen molar-refractivity contribution in [2.24, 2.45) is 5.73 Å². The summed E-state index contributed by atoms with van der Waals surface area (Å²) in [6, 6.07) is 7.08. The number of alkyl halides is 3. The number of primary amides is 1. The van der Waals surface area contributed by atoms with Crippen molar-refractivity contribution in [3.63, 3.8) is 0 Å². The normalized spacial score (nSPS) is 14.5. The second-order valence-corrected chi connectivity index (χ2v) is 6.35. The second-order valence-electron chi connectivity index (χ2n) is 5.92. The number of aryl methyl sites for hydroxylation is 1. The van der Waals surface area contributed by atoms with Crippen molar-refractivity contribution in [1.82, 2.24) is 9.78 Å². The van der Waals surface area contributed by atoms with Crippen LogP contribution in [0.4, 0.5) is 19.0 Å². The van der Waals surface area contributed by atoms with E-state index in [1.165, 1.54) is 4.68 Å². The number of rotatable bonds is 4. The molecule has 3 rings (SSSR count). The van der Waals surface area contributed by atoms with Gasteiger partial charge in [-0.2, -0.15) is 18.3 Å². The Labute approximate surface area is 147 Å². The predicted octanol–water partition coefficient (Wildman–Crippen LogP) is 2.99. The van der Waals surface area contributed by atoms with Crippen LogP contribution in [0, 0.1) is 0 Å². The highest BCUT2D eigenvalue weighted by Gasteiger charge is 2.41. The number of nitrogens with zero attached hydrogens (tertiary/aromatic N) is 3. The van der Waals surface area contributed by atoms with Gasteiger partial charge in [0.15, 0.2) is 5.69 Å². The number of carbonyl (C=O) groups excluding carboxylic acids is 1. The van der Waals surface area contributed by atoms with Gasteiger partial charge in [-0.25, -0.2) is 4.68 Å². The van der Waals surface area contributed by atoms with E-state index in [2.05, 4.69) is 5.10 Å². The van der Waals surface area contributed by atoms with E-state index in [4.69, 9.17) is 17.3 Å². The zero-order valence-corrected chi connectivity index (χ0v) is 13.9. The molecule has 1 aromatic carbocycles. The quantitative estimate of drug-likeness (QED) is 0.897. The number of aromatic nitrogens is 2. The van der Waals surface area contributed by atoms with Crippen LogP contribution in [0.2, 0.25) is 5.02 Å². The number of nitrogens with two attached hydrogens (primary N) is 1. The molecular formula is C16H16ClF3N4O. The average molecular weight is 373 g/mol. The van der Waals surface area contributed by atoms with Gasteiger partial charge in [-0.05, 0) is 24.1 Å². The molecule has 9 heteroatoms. The van der Waals surface area contributed by atoms with Gasteiger partial charge in [-0.15, -0.1) is 0 Å². The number of fused-ring (bicyclic) bond motifs is 1. The lowest BCUT2D eigenvalue weighted by Gasteiger charge is -2.30. The highest BCUT2D eigenvalue weighted by atomic mass is 35.5. The smallest absolute Gasteiger partial charge is 0.369 e. The first kappa shape index (κ1) is 17.6. The SMILES string of the molecule is NC(=O)Cc1c(C(F)(F)F)nn2c1N(Cc1ccc(Cl)cc1)CCC2. The van der Waals surface area contributed by atoms with E-state index < -0.39 is 24.2 Å². The zero-order valence-electron chi connectivity index (χ0n) is 13.2. The summed E-state index contributed by atoms with van der Waals surface area (Å²) < 4.78 is 41.3. The Morgan fingerprint density at radius 3 is 2.52 bits per heavy atom. The fourth-order valence-corrected chi connectivity index (χ4v) is 3.17. The van der Waals surface area contributed by atoms with Gasteiger partial charge < -0.3 is 10.6 Å². The molecule has 0 atom stereocenters. The van der Waals surface area contributed by atoms with Crippen molar-refractivity contribution in [3.8, 4) is 0 Å². The van der Waals surface area contributed by atoms with Gasteiger partial charge in [0.25, 0.3) is 0 Å². The van der Waals surface area contributed by atoms with E-state index in [9.17, 15) is 18.0 Å². The maximum atomic E-state index is 13.3. The summed E-state index contributed by atoms with van der Waals surface area (Å²) in [5, 5.41) is 4.29. The molecule has 5 nitrogen and oxygen atoms in total. The summed E-state index contributed by atoms with van der Waals surface area (Å²) in [6.45, 7) is 1.33. The molecule has 1 aliphatic rings. The average Bonchev–Trinajstić information content (AvgIpc) is 2.89. The molecule has 0 aliphatic carbocycles. The van der Waals surface area contributed by atoms with Crippen LogP contribution in [0.25, 0.3) is 0 Å². The topological polar surface area (TPSA) is 64.2 Å². The van der Waals surface area contributed by atoms with Gasteiger partial charge in [-0.3, -0.25) is 4.79 Å². The predicted molar refractivity (Wildman–Crippen MR) is 87.2 cm³/mol. The Bertz CT molecular complexity index is 786. The molecule has 134 valence electrons. The van der Waals surface area contributed by atoms with Gasteiger partial charge in [0.1, 0.15) is 5.82 Å². The molecule has 0 radical (unpaired) electrons. The summed E-state index contributed by atoms with van der Waals surface area (Å²) in [5.41, 5.74) is 4.87. The summed E-state index contributed by atoms with van der Waals surface area (Å²) in [7, 11) is 0. The third-order valence-corrected chi connectivity index (χ3v) is 4.28. The van der Waals surface area contributed by atoms with Gasteiger partial charge in [0, 0.05) is 30.2 Å². The Kier molecular flexibility index (Phi) is 4.64. The van der Waals surface area contributed by atoms with Gasteiger partial charge in [0.2, 0.25) is 5.91 Å². The molecule has 2 N–H and O–H groups in total. The maximum absolute atomic E-state index is 13.3. The van der Waals surface area contributed by atoms with Crippen LogP contribution in [0.3, 0.4) is 0 Å². The van der Waals surface area contributed by atoms with Gasteiger partial charge >= 0.3 is 6.18 Å². The highest BCUT2D eigenvalue weighted by molar-refractivity contribution is 6.30. The molecule has 2 aromatic rings. The van der Waals surface area contributed by atoms with Crippen LogP contribution in [0.15, 0.2) is 24.3 Å². The molecule has 0 saturated carbocycles. The van der Waals surface area contributed by atoms with Crippen LogP contribution < -0.4 is 10.6 Å². The number of hydrogen-bond acceptors (Lipinski definition) is 3. The van der Waals surface area contributed by atoms with Crippen LogP contribution in [0.1, 0.15) is 23.2 Å². The third-order valence-electron chi connectivity index (χ3n) is 4.02. The molecule has 1 aliphatic heterocycles. The number of anilines is 1. The van der Waals surface area contributed by atoms with E-state index in [0.717, 1.165) is 5.56 Å². The van der Waals surface area contributed by atoms with Crippen LogP contribution in [0.5, 0.6) is 0 Å². The summed E-state index contributed by atoms with van der Waals surface area (Å²) >= 11 is 5.87. The van der Waals surface area contributed by atoms with Crippen molar-refractivity contribution < 1.29 is 18.0 Å². The fraction of sp³-hybridized carbons (Fsp3) is 0.375. The number of halogens is 4. The summed E-state index contributed by atoms with van der Waals surface area (Å²) in [4.78, 5) is 13.1. The highest BCUT2D eigenvalue weighted by Crippen LogP contribution is 2.38. The first-order chi connectivity index (χ1) is 11.8. The van der Waals surface area contributed by atoms with E-state index in [1.54, 1.807) is 17.0 Å². The molecule has 0 spiro atoms. The summed E-state index contributed by atoms with van der Waals surface area (Å²) in [5.74, 6) is -0.509. The minimum atomic E-state index is -4.64. The molecule has 0 bridgehead atoms. The van der Waals surface area contributed by atoms with E-state index in [0.29, 0.717) is 36.9 Å². The van der Waals surface area contributed by atoms with Crippen molar-refractivity contribution >= 4 is 23.3 Å². The number of carbonyl (C=O) groups is 1. The molecule has 1 aromatic heterocycles. The van der Waals surface area contributed by atoms with Crippen molar-refractivity contribution in [3.05, 3.63) is 46.1 Å². The lowest BCUT2D eigenvalue weighted by molar-refractivity contribution is -0.142. The molecule has 0 fully saturated rings. The van der Waals surface area contributed by atoms with E-state index in [-0.39, 0.29) is 5.56 Å². The minimum absolute atomic E-state index is 0.159. The van der Waals surface area contributed by atoms with Gasteiger partial charge in [0.05, 0.1) is 6.42 Å². The molecule has 0 saturated heterocycles. The van der Waals surface area contributed by atoms with Crippen LogP contribution in [-0.4, -0.2) is 22.2 Å². The van der Waals surface area contributed by atoms with Gasteiger partial charge in [-0.1, -0.05) is 23.7 Å². The molecule has 2 heterocycles. The van der Waals surface area contributed by atoms with E-state index >= 15 is 0 Å². The van der Waals surface area contributed by atoms with E-state index in [1.807, 2.05) is 12.1 Å². The lowest BCUT2D eigenvalue weighted by Crippen LogP contribution is -2.33. The molecule has 25 heavy (non-hydrogen) atoms. The number of benzene rings is 1. The number of hydrogen-bond donors (Lipinski definition) is 1. The maximum Gasteiger partial charge on any atom is 0.435 e. The standard InChI is InChI=1S/C16H16ClF3N4O/c17-11-4-2-10(3-5-11)9-23-6-1-7-24-15(23)12(8-13(21)25)14(22-24)16(18,19)20/h2-5H,1,6-9H2,(H2,21,25). The van der Waals surface area contributed by atoms with Crippen LogP contribution >= 0.6 is 11.6 Å². The Morgan fingerprint density at radius 2 is 1.92 bits per heavy atom. The third kappa shape index (κ3) is 3.73. The molecule has 1 amide bonds. The summed E-state index contributed by atoms with van der Waals surface area (Å²) in [6.07, 6.45) is -4.47. The fourth-order valence-electron chi connectivity index (χ4n) is 3.05.